The Balaban J connectivity index is 1.98. The molecule has 0 aliphatic carbocycles. The minimum absolute atomic E-state index is 0.414. The molecule has 0 saturated carbocycles. The SMILES string of the molecule is NC(=O)c1ccc[n+](C[P+](c2ccccc2)(c2ccccc2)c2ccccc2)c1. The summed E-state index contributed by atoms with van der Waals surface area (Å²) in [6, 6.07) is 35.7. The maximum absolute atomic E-state index is 11.7. The van der Waals surface area contributed by atoms with Gasteiger partial charge in [-0.05, 0) is 42.5 Å². The number of hydrogen-bond donors (Lipinski definition) is 1. The summed E-state index contributed by atoms with van der Waals surface area (Å²) in [7, 11) is -2.01. The second-order valence-electron chi connectivity index (χ2n) is 6.93. The van der Waals surface area contributed by atoms with E-state index in [1.165, 1.54) is 15.9 Å². The molecule has 1 aromatic heterocycles. The Morgan fingerprint density at radius 3 is 1.55 bits per heavy atom. The molecule has 0 radical (unpaired) electrons. The zero-order valence-electron chi connectivity index (χ0n) is 16.1. The molecule has 0 unspecified atom stereocenters. The highest BCUT2D eigenvalue weighted by Crippen LogP contribution is 2.55. The molecule has 0 aliphatic rings. The van der Waals surface area contributed by atoms with Gasteiger partial charge in [0.05, 0.1) is 0 Å². The fraction of sp³-hybridized carbons (Fsp3) is 0.0400. The number of amides is 1. The minimum atomic E-state index is -2.01. The molecule has 0 fully saturated rings. The Morgan fingerprint density at radius 2 is 1.14 bits per heavy atom. The summed E-state index contributed by atoms with van der Waals surface area (Å²) in [4.78, 5) is 11.7. The Hall–Kier alpha value is -3.29. The van der Waals surface area contributed by atoms with Gasteiger partial charge in [0.25, 0.3) is 12.2 Å². The summed E-state index contributed by atoms with van der Waals surface area (Å²) >= 11 is 0. The number of nitrogens with two attached hydrogens (primary N) is 1. The van der Waals surface area contributed by atoms with E-state index in [1.54, 1.807) is 6.07 Å². The molecule has 142 valence electrons. The average Bonchev–Trinajstić information content (AvgIpc) is 2.79. The lowest BCUT2D eigenvalue weighted by molar-refractivity contribution is -0.677. The number of nitrogens with zero attached hydrogens (tertiary/aromatic N) is 1. The van der Waals surface area contributed by atoms with Gasteiger partial charge in [0, 0.05) is 6.07 Å². The molecule has 0 atom stereocenters. The van der Waals surface area contributed by atoms with E-state index in [9.17, 15) is 4.79 Å². The van der Waals surface area contributed by atoms with Crippen LogP contribution in [0.15, 0.2) is 116 Å². The van der Waals surface area contributed by atoms with Crippen LogP contribution in [0.3, 0.4) is 0 Å². The maximum atomic E-state index is 11.7. The molecule has 4 aromatic rings. The number of hydrogen-bond acceptors (Lipinski definition) is 1. The monoisotopic (exact) mass is 398 g/mol. The zero-order chi connectivity index (χ0) is 20.1. The van der Waals surface area contributed by atoms with Crippen molar-refractivity contribution in [3.63, 3.8) is 0 Å². The molecule has 0 spiro atoms. The van der Waals surface area contributed by atoms with Gasteiger partial charge in [-0.1, -0.05) is 54.6 Å². The van der Waals surface area contributed by atoms with Crippen molar-refractivity contribution in [1.82, 2.24) is 0 Å². The van der Waals surface area contributed by atoms with E-state index in [2.05, 4.69) is 95.6 Å². The van der Waals surface area contributed by atoms with E-state index in [4.69, 9.17) is 5.73 Å². The Morgan fingerprint density at radius 1 is 0.690 bits per heavy atom. The van der Waals surface area contributed by atoms with E-state index < -0.39 is 13.2 Å². The van der Waals surface area contributed by atoms with Gasteiger partial charge in [-0.3, -0.25) is 4.79 Å². The normalized spacial score (nSPS) is 11.2. The summed E-state index contributed by atoms with van der Waals surface area (Å²) < 4.78 is 2.10. The van der Waals surface area contributed by atoms with Crippen LogP contribution in [0.5, 0.6) is 0 Å². The van der Waals surface area contributed by atoms with Crippen molar-refractivity contribution in [2.45, 2.75) is 6.29 Å². The predicted molar refractivity (Wildman–Crippen MR) is 120 cm³/mol. The highest BCUT2D eigenvalue weighted by Gasteiger charge is 2.49. The van der Waals surface area contributed by atoms with Gasteiger partial charge in [-0.25, -0.2) is 0 Å². The third kappa shape index (κ3) is 3.83. The van der Waals surface area contributed by atoms with Gasteiger partial charge in [0.1, 0.15) is 21.5 Å². The van der Waals surface area contributed by atoms with E-state index in [0.717, 1.165) is 6.29 Å². The Kier molecular flexibility index (Phi) is 5.50. The highest BCUT2D eigenvalue weighted by molar-refractivity contribution is 7.94. The van der Waals surface area contributed by atoms with Crippen LogP contribution < -0.4 is 26.2 Å². The minimum Gasteiger partial charge on any atom is -0.365 e. The molecule has 1 heterocycles. The van der Waals surface area contributed by atoms with Crippen LogP contribution in [-0.2, 0) is 6.29 Å². The predicted octanol–water partition coefficient (Wildman–Crippen LogP) is 3.02. The highest BCUT2D eigenvalue weighted by atomic mass is 31.2. The molecule has 2 N–H and O–H groups in total. The summed E-state index contributed by atoms with van der Waals surface area (Å²) in [6.45, 7) is 0. The quantitative estimate of drug-likeness (QED) is 0.394. The van der Waals surface area contributed by atoms with Crippen LogP contribution in [0.1, 0.15) is 10.4 Å². The molecule has 4 heteroatoms. The van der Waals surface area contributed by atoms with Gasteiger partial charge >= 0.3 is 0 Å². The maximum Gasteiger partial charge on any atom is 0.262 e. The fourth-order valence-corrected chi connectivity index (χ4v) is 7.83. The smallest absolute Gasteiger partial charge is 0.262 e. The average molecular weight is 398 g/mol. The summed E-state index contributed by atoms with van der Waals surface area (Å²) in [5, 5.41) is 3.90. The summed E-state index contributed by atoms with van der Waals surface area (Å²) in [6.07, 6.45) is 4.61. The van der Waals surface area contributed by atoms with Crippen molar-refractivity contribution < 1.29 is 9.36 Å². The molecular formula is C25H23N2OP+2. The van der Waals surface area contributed by atoms with Crippen LogP contribution >= 0.6 is 7.26 Å². The standard InChI is InChI=1S/C25H22N2OP/c26-25(28)21-11-10-18-27(19-21)20-29(22-12-4-1-5-13-22,23-14-6-2-7-15-23)24-16-8-3-9-17-24/h1-19H,20H2,(H-,26,28)/q+1/p+1. The van der Waals surface area contributed by atoms with E-state index >= 15 is 0 Å². The number of carbonyl (C=O) groups excluding carboxylic acids is 1. The van der Waals surface area contributed by atoms with Crippen molar-refractivity contribution >= 4 is 29.1 Å². The lowest BCUT2D eigenvalue weighted by atomic mass is 10.3. The Bertz CT molecular complexity index is 1000. The first-order chi connectivity index (χ1) is 14.2. The van der Waals surface area contributed by atoms with Gasteiger partial charge < -0.3 is 5.73 Å². The van der Waals surface area contributed by atoms with Crippen molar-refractivity contribution in [3.8, 4) is 0 Å². The number of rotatable bonds is 6. The van der Waals surface area contributed by atoms with Crippen molar-refractivity contribution in [1.29, 1.82) is 0 Å². The third-order valence-electron chi connectivity index (χ3n) is 5.11. The van der Waals surface area contributed by atoms with Gasteiger partial charge in [-0.2, -0.15) is 4.57 Å². The van der Waals surface area contributed by atoms with Gasteiger partial charge in [-0.15, -0.1) is 0 Å². The second kappa shape index (κ2) is 8.38. The molecule has 4 rings (SSSR count). The van der Waals surface area contributed by atoms with E-state index in [0.29, 0.717) is 5.56 Å². The molecule has 1 amide bonds. The molecule has 0 bridgehead atoms. The number of benzene rings is 3. The first kappa shape index (κ1) is 19.0. The third-order valence-corrected chi connectivity index (χ3v) is 9.40. The number of aromatic nitrogens is 1. The van der Waals surface area contributed by atoms with Gasteiger partial charge in [0.15, 0.2) is 19.7 Å². The number of pyridine rings is 1. The molecule has 29 heavy (non-hydrogen) atoms. The zero-order valence-corrected chi connectivity index (χ0v) is 17.0. The van der Waals surface area contributed by atoms with Crippen LogP contribution in [0.4, 0.5) is 0 Å². The van der Waals surface area contributed by atoms with Gasteiger partial charge in [0.2, 0.25) is 0 Å². The molecule has 3 nitrogen and oxygen atoms in total. The van der Waals surface area contributed by atoms with Crippen LogP contribution in [0, 0.1) is 0 Å². The summed E-state index contributed by atoms with van der Waals surface area (Å²) in [5.41, 5.74) is 6.05. The van der Waals surface area contributed by atoms with Crippen molar-refractivity contribution in [2.75, 3.05) is 0 Å². The van der Waals surface area contributed by atoms with E-state index in [-0.39, 0.29) is 0 Å². The molecule has 0 aliphatic heterocycles. The summed E-state index contributed by atoms with van der Waals surface area (Å²) in [5.74, 6) is -0.414. The first-order valence-corrected chi connectivity index (χ1v) is 11.5. The molecule has 3 aromatic carbocycles. The molecule has 0 saturated heterocycles. The lowest BCUT2D eigenvalue weighted by Crippen LogP contribution is -2.44. The van der Waals surface area contributed by atoms with Crippen LogP contribution in [0.2, 0.25) is 0 Å². The number of carbonyl (C=O) groups is 1. The van der Waals surface area contributed by atoms with Crippen molar-refractivity contribution in [2.24, 2.45) is 5.73 Å². The fourth-order valence-electron chi connectivity index (χ4n) is 3.74. The van der Waals surface area contributed by atoms with Crippen molar-refractivity contribution in [3.05, 3.63) is 121 Å². The lowest BCUT2D eigenvalue weighted by Gasteiger charge is -2.24. The van der Waals surface area contributed by atoms with E-state index in [1.807, 2.05) is 18.5 Å². The first-order valence-electron chi connectivity index (χ1n) is 9.54. The topological polar surface area (TPSA) is 47.0 Å². The Labute approximate surface area is 171 Å². The number of primary amides is 1. The largest absolute Gasteiger partial charge is 0.365 e. The van der Waals surface area contributed by atoms with Crippen LogP contribution in [-0.4, -0.2) is 5.91 Å². The van der Waals surface area contributed by atoms with Crippen LogP contribution in [0.25, 0.3) is 0 Å². The molecular weight excluding hydrogens is 375 g/mol. The second-order valence-corrected chi connectivity index (χ2v) is 10.4.